The van der Waals surface area contributed by atoms with E-state index >= 15 is 0 Å². The molecule has 0 aromatic rings. The van der Waals surface area contributed by atoms with Crippen LogP contribution >= 0.6 is 0 Å². The summed E-state index contributed by atoms with van der Waals surface area (Å²) in [5.41, 5.74) is 5.03. The zero-order chi connectivity index (χ0) is 8.15. The Kier molecular flexibility index (Phi) is 4.03. The van der Waals surface area contributed by atoms with Crippen LogP contribution in [0.2, 0.25) is 0 Å². The summed E-state index contributed by atoms with van der Waals surface area (Å²) >= 11 is 0. The third-order valence-corrected chi connectivity index (χ3v) is 1.50. The van der Waals surface area contributed by atoms with Crippen LogP contribution in [0, 0.1) is 0 Å². The second-order valence-corrected chi connectivity index (χ2v) is 2.62. The summed E-state index contributed by atoms with van der Waals surface area (Å²) in [5.74, 6) is -0.254. The Morgan fingerprint density at radius 2 is 2.10 bits per heavy atom. The van der Waals surface area contributed by atoms with Gasteiger partial charge in [0.1, 0.15) is 0 Å². The molecular weight excluding hydrogens is 128 g/mol. The number of nitrogens with two attached hydrogens (primary N) is 1. The van der Waals surface area contributed by atoms with E-state index < -0.39 is 0 Å². The normalized spacial score (nSPS) is 10.9. The van der Waals surface area contributed by atoms with Crippen LogP contribution in [0.1, 0.15) is 20.8 Å². The van der Waals surface area contributed by atoms with Gasteiger partial charge in [-0.3, -0.25) is 9.69 Å². The molecule has 60 valence electrons. The van der Waals surface area contributed by atoms with Crippen LogP contribution in [-0.2, 0) is 4.79 Å². The van der Waals surface area contributed by atoms with Gasteiger partial charge in [0, 0.05) is 6.04 Å². The van der Waals surface area contributed by atoms with Gasteiger partial charge in [0.05, 0.1) is 6.54 Å². The Balaban J connectivity index is 3.71. The van der Waals surface area contributed by atoms with Gasteiger partial charge in [-0.15, -0.1) is 0 Å². The molecule has 0 saturated carbocycles. The quantitative estimate of drug-likeness (QED) is 0.612. The van der Waals surface area contributed by atoms with E-state index in [0.29, 0.717) is 12.6 Å². The summed E-state index contributed by atoms with van der Waals surface area (Å²) in [6, 6.07) is 0.400. The van der Waals surface area contributed by atoms with E-state index in [2.05, 4.69) is 0 Å². The van der Waals surface area contributed by atoms with Gasteiger partial charge in [0.25, 0.3) is 0 Å². The van der Waals surface area contributed by atoms with Crippen LogP contribution in [0.25, 0.3) is 0 Å². The second kappa shape index (κ2) is 4.28. The lowest BCUT2D eigenvalue weighted by atomic mass is 10.3. The van der Waals surface area contributed by atoms with Crippen LogP contribution in [0.4, 0.5) is 0 Å². The van der Waals surface area contributed by atoms with Gasteiger partial charge >= 0.3 is 0 Å². The predicted molar refractivity (Wildman–Crippen MR) is 41.6 cm³/mol. The maximum atomic E-state index is 10.5. The van der Waals surface area contributed by atoms with E-state index in [4.69, 9.17) is 5.73 Å². The number of likely N-dealkylation sites (N-methyl/N-ethyl adjacent to an activating group) is 1. The Morgan fingerprint density at radius 1 is 1.60 bits per heavy atom. The number of carbonyl (C=O) groups excluding carboxylic acids is 1. The first kappa shape index (κ1) is 9.43. The minimum Gasteiger partial charge on any atom is -0.369 e. The summed E-state index contributed by atoms with van der Waals surface area (Å²) < 4.78 is 0. The van der Waals surface area contributed by atoms with Crippen molar-refractivity contribution in [2.75, 3.05) is 13.1 Å². The maximum Gasteiger partial charge on any atom is 0.231 e. The zero-order valence-electron chi connectivity index (χ0n) is 6.92. The third kappa shape index (κ3) is 3.45. The highest BCUT2D eigenvalue weighted by Crippen LogP contribution is 1.94. The standard InChI is InChI=1S/C7H16N2O/c1-4-9(6(2)3)5-7(8)10/h6H,4-5H2,1-3H3,(H2,8,10). The Labute approximate surface area is 62.2 Å². The Bertz CT molecular complexity index is 112. The molecule has 0 bridgehead atoms. The lowest BCUT2D eigenvalue weighted by Gasteiger charge is -2.22. The van der Waals surface area contributed by atoms with E-state index in [0.717, 1.165) is 6.54 Å². The molecule has 0 aliphatic rings. The highest BCUT2D eigenvalue weighted by molar-refractivity contribution is 5.75. The Morgan fingerprint density at radius 3 is 2.20 bits per heavy atom. The summed E-state index contributed by atoms with van der Waals surface area (Å²) in [5, 5.41) is 0. The number of carbonyl (C=O) groups is 1. The largest absolute Gasteiger partial charge is 0.369 e. The predicted octanol–water partition coefficient (Wildman–Crippen LogP) is 0.202. The number of amides is 1. The molecule has 0 unspecified atom stereocenters. The monoisotopic (exact) mass is 144 g/mol. The van der Waals surface area contributed by atoms with Crippen LogP contribution in [0.5, 0.6) is 0 Å². The van der Waals surface area contributed by atoms with E-state index in [-0.39, 0.29) is 5.91 Å². The van der Waals surface area contributed by atoms with Crippen LogP contribution < -0.4 is 5.73 Å². The summed E-state index contributed by atoms with van der Waals surface area (Å²) in [7, 11) is 0. The Hall–Kier alpha value is -0.570. The van der Waals surface area contributed by atoms with Crippen molar-refractivity contribution in [2.24, 2.45) is 5.73 Å². The van der Waals surface area contributed by atoms with Crippen molar-refractivity contribution in [1.29, 1.82) is 0 Å². The number of rotatable bonds is 4. The SMILES string of the molecule is CCN(CC(N)=O)C(C)C. The highest BCUT2D eigenvalue weighted by atomic mass is 16.1. The molecule has 3 nitrogen and oxygen atoms in total. The third-order valence-electron chi connectivity index (χ3n) is 1.50. The second-order valence-electron chi connectivity index (χ2n) is 2.62. The molecule has 0 rings (SSSR count). The molecule has 0 saturated heterocycles. The molecule has 3 heteroatoms. The van der Waals surface area contributed by atoms with Crippen molar-refractivity contribution >= 4 is 5.91 Å². The van der Waals surface area contributed by atoms with E-state index in [1.807, 2.05) is 25.7 Å². The fraction of sp³-hybridized carbons (Fsp3) is 0.857. The fourth-order valence-electron chi connectivity index (χ4n) is 0.860. The van der Waals surface area contributed by atoms with Gasteiger partial charge in [0.15, 0.2) is 0 Å². The van der Waals surface area contributed by atoms with Crippen molar-refractivity contribution in [3.8, 4) is 0 Å². The minimum atomic E-state index is -0.254. The zero-order valence-corrected chi connectivity index (χ0v) is 6.92. The van der Waals surface area contributed by atoms with Crippen LogP contribution in [-0.4, -0.2) is 29.9 Å². The topological polar surface area (TPSA) is 46.3 Å². The average Bonchev–Trinajstić information content (AvgIpc) is 1.81. The molecule has 0 fully saturated rings. The molecule has 0 heterocycles. The van der Waals surface area contributed by atoms with Crippen molar-refractivity contribution in [2.45, 2.75) is 26.8 Å². The van der Waals surface area contributed by atoms with Crippen LogP contribution in [0.15, 0.2) is 0 Å². The van der Waals surface area contributed by atoms with E-state index in [9.17, 15) is 4.79 Å². The number of hydrogen-bond donors (Lipinski definition) is 1. The highest BCUT2D eigenvalue weighted by Gasteiger charge is 2.08. The molecule has 0 radical (unpaired) electrons. The number of primary amides is 1. The minimum absolute atomic E-state index is 0.254. The molecular formula is C7H16N2O. The molecule has 0 aliphatic carbocycles. The molecule has 0 aromatic carbocycles. The van der Waals surface area contributed by atoms with Crippen molar-refractivity contribution in [1.82, 2.24) is 4.90 Å². The molecule has 0 aromatic heterocycles. The van der Waals surface area contributed by atoms with Gasteiger partial charge in [-0.2, -0.15) is 0 Å². The average molecular weight is 144 g/mol. The smallest absolute Gasteiger partial charge is 0.231 e. The summed E-state index contributed by atoms with van der Waals surface area (Å²) in [6.07, 6.45) is 0. The molecule has 2 N–H and O–H groups in total. The first-order valence-corrected chi connectivity index (χ1v) is 3.60. The lowest BCUT2D eigenvalue weighted by molar-refractivity contribution is -0.119. The molecule has 0 aliphatic heterocycles. The summed E-state index contributed by atoms with van der Waals surface area (Å²) in [4.78, 5) is 12.5. The van der Waals surface area contributed by atoms with Gasteiger partial charge in [-0.1, -0.05) is 6.92 Å². The molecule has 10 heavy (non-hydrogen) atoms. The van der Waals surface area contributed by atoms with E-state index in [1.54, 1.807) is 0 Å². The summed E-state index contributed by atoms with van der Waals surface area (Å²) in [6.45, 7) is 7.36. The lowest BCUT2D eigenvalue weighted by Crippen LogP contribution is -2.38. The molecule has 1 amide bonds. The molecule has 0 atom stereocenters. The van der Waals surface area contributed by atoms with Crippen molar-refractivity contribution < 1.29 is 4.79 Å². The van der Waals surface area contributed by atoms with Gasteiger partial charge < -0.3 is 5.73 Å². The number of nitrogens with zero attached hydrogens (tertiary/aromatic N) is 1. The van der Waals surface area contributed by atoms with Crippen molar-refractivity contribution in [3.63, 3.8) is 0 Å². The fourth-order valence-corrected chi connectivity index (χ4v) is 0.860. The first-order chi connectivity index (χ1) is 4.57. The van der Waals surface area contributed by atoms with Gasteiger partial charge in [-0.25, -0.2) is 0 Å². The number of hydrogen-bond acceptors (Lipinski definition) is 2. The van der Waals surface area contributed by atoms with Crippen LogP contribution in [0.3, 0.4) is 0 Å². The van der Waals surface area contributed by atoms with Gasteiger partial charge in [0.2, 0.25) is 5.91 Å². The van der Waals surface area contributed by atoms with Gasteiger partial charge in [-0.05, 0) is 20.4 Å². The van der Waals surface area contributed by atoms with E-state index in [1.165, 1.54) is 0 Å². The first-order valence-electron chi connectivity index (χ1n) is 3.60. The van der Waals surface area contributed by atoms with Crippen molar-refractivity contribution in [3.05, 3.63) is 0 Å². The maximum absolute atomic E-state index is 10.5. The molecule has 0 spiro atoms.